The Labute approximate surface area is 136 Å². The largest absolute Gasteiger partial charge is 0.368 e. The number of pyridine rings is 1. The van der Waals surface area contributed by atoms with Gasteiger partial charge in [0, 0.05) is 24.2 Å². The first-order chi connectivity index (χ1) is 11.3. The Morgan fingerprint density at radius 2 is 2.04 bits per heavy atom. The quantitative estimate of drug-likeness (QED) is 0.871. The number of carbonyl (C=O) groups excluding carboxylic acids is 1. The number of ether oxygens (including phenoxy) is 1. The Balaban J connectivity index is 1.77. The van der Waals surface area contributed by atoms with Gasteiger partial charge in [0.05, 0.1) is 11.2 Å². The van der Waals surface area contributed by atoms with Crippen molar-refractivity contribution >= 4 is 22.5 Å². The highest BCUT2D eigenvalue weighted by Crippen LogP contribution is 2.35. The van der Waals surface area contributed by atoms with Crippen LogP contribution in [0.3, 0.4) is 0 Å². The number of hydrogen-bond donors (Lipinski definition) is 0. The lowest BCUT2D eigenvalue weighted by molar-refractivity contribution is -0.129. The molecule has 1 aliphatic heterocycles. The van der Waals surface area contributed by atoms with Crippen molar-refractivity contribution in [3.8, 4) is 0 Å². The van der Waals surface area contributed by atoms with Crippen LogP contribution in [0.25, 0.3) is 10.9 Å². The summed E-state index contributed by atoms with van der Waals surface area (Å²) in [5, 5.41) is 1.07. The van der Waals surface area contributed by atoms with E-state index >= 15 is 0 Å². The molecule has 1 saturated heterocycles. The van der Waals surface area contributed by atoms with Crippen molar-refractivity contribution in [3.63, 3.8) is 0 Å². The van der Waals surface area contributed by atoms with Crippen LogP contribution in [-0.4, -0.2) is 29.6 Å². The second-order valence-electron chi connectivity index (χ2n) is 6.70. The average Bonchev–Trinajstić information content (AvgIpc) is 2.96. The standard InChI is InChI=1S/C19H22N2O2/c1-13-10-12-23-18(13)19(22)21(15-7-3-8-15)16-9-2-5-14-6-4-11-20-17(14)16/h2,4-6,9,11,13,15,18H,3,7-8,10,12H2,1H3. The summed E-state index contributed by atoms with van der Waals surface area (Å²) < 4.78 is 5.75. The second-order valence-corrected chi connectivity index (χ2v) is 6.70. The van der Waals surface area contributed by atoms with Crippen molar-refractivity contribution in [1.29, 1.82) is 0 Å². The lowest BCUT2D eigenvalue weighted by atomic mass is 9.89. The summed E-state index contributed by atoms with van der Waals surface area (Å²) in [5.74, 6) is 0.394. The molecule has 0 radical (unpaired) electrons. The molecule has 1 aliphatic carbocycles. The van der Waals surface area contributed by atoms with Gasteiger partial charge in [0.15, 0.2) is 0 Å². The zero-order valence-electron chi connectivity index (χ0n) is 13.4. The van der Waals surface area contributed by atoms with Crippen molar-refractivity contribution in [2.45, 2.75) is 44.8 Å². The van der Waals surface area contributed by atoms with Gasteiger partial charge in [-0.3, -0.25) is 9.78 Å². The molecule has 0 spiro atoms. The number of carbonyl (C=O) groups is 1. The first-order valence-corrected chi connectivity index (χ1v) is 8.54. The third-order valence-corrected chi connectivity index (χ3v) is 5.18. The number of benzene rings is 1. The highest BCUT2D eigenvalue weighted by Gasteiger charge is 2.39. The monoisotopic (exact) mass is 310 g/mol. The maximum atomic E-state index is 13.2. The van der Waals surface area contributed by atoms with Crippen LogP contribution in [0.5, 0.6) is 0 Å². The maximum absolute atomic E-state index is 13.2. The number of fused-ring (bicyclic) bond motifs is 1. The van der Waals surface area contributed by atoms with Crippen LogP contribution in [0.15, 0.2) is 36.5 Å². The summed E-state index contributed by atoms with van der Waals surface area (Å²) in [6.07, 6.45) is 5.77. The van der Waals surface area contributed by atoms with Crippen LogP contribution in [0, 0.1) is 5.92 Å². The SMILES string of the molecule is CC1CCOC1C(=O)N(c1cccc2cccnc12)C1CCC1. The fraction of sp³-hybridized carbons (Fsp3) is 0.474. The molecule has 4 heteroatoms. The van der Waals surface area contributed by atoms with Gasteiger partial charge in [-0.05, 0) is 43.7 Å². The number of rotatable bonds is 3. The molecular formula is C19H22N2O2. The molecule has 1 aromatic carbocycles. The van der Waals surface area contributed by atoms with Gasteiger partial charge in [-0.2, -0.15) is 0 Å². The fourth-order valence-corrected chi connectivity index (χ4v) is 3.57. The van der Waals surface area contributed by atoms with Crippen molar-refractivity contribution in [2.75, 3.05) is 11.5 Å². The van der Waals surface area contributed by atoms with E-state index < -0.39 is 0 Å². The summed E-state index contributed by atoms with van der Waals surface area (Å²) in [7, 11) is 0. The van der Waals surface area contributed by atoms with Gasteiger partial charge in [0.2, 0.25) is 0 Å². The smallest absolute Gasteiger partial charge is 0.256 e. The first-order valence-electron chi connectivity index (χ1n) is 8.54. The molecule has 4 nitrogen and oxygen atoms in total. The van der Waals surface area contributed by atoms with E-state index in [0.717, 1.165) is 35.9 Å². The summed E-state index contributed by atoms with van der Waals surface area (Å²) >= 11 is 0. The van der Waals surface area contributed by atoms with E-state index in [-0.39, 0.29) is 24.0 Å². The number of anilines is 1. The Kier molecular flexibility index (Phi) is 3.77. The first kappa shape index (κ1) is 14.6. The number of amides is 1. The predicted octanol–water partition coefficient (Wildman–Crippen LogP) is 3.55. The van der Waals surface area contributed by atoms with Gasteiger partial charge < -0.3 is 9.64 Å². The fourth-order valence-electron chi connectivity index (χ4n) is 3.57. The Hall–Kier alpha value is -1.94. The van der Waals surface area contributed by atoms with Gasteiger partial charge in [-0.15, -0.1) is 0 Å². The van der Waals surface area contributed by atoms with Crippen LogP contribution >= 0.6 is 0 Å². The van der Waals surface area contributed by atoms with E-state index in [4.69, 9.17) is 4.74 Å². The van der Waals surface area contributed by atoms with Crippen LogP contribution in [0.2, 0.25) is 0 Å². The maximum Gasteiger partial charge on any atom is 0.256 e. The van der Waals surface area contributed by atoms with Crippen LogP contribution in [0.1, 0.15) is 32.6 Å². The van der Waals surface area contributed by atoms with Crippen molar-refractivity contribution in [1.82, 2.24) is 4.98 Å². The lowest BCUT2D eigenvalue weighted by Gasteiger charge is -2.39. The Morgan fingerprint density at radius 3 is 2.74 bits per heavy atom. The van der Waals surface area contributed by atoms with Crippen LogP contribution < -0.4 is 4.90 Å². The van der Waals surface area contributed by atoms with E-state index in [0.29, 0.717) is 6.61 Å². The van der Waals surface area contributed by atoms with Gasteiger partial charge >= 0.3 is 0 Å². The average molecular weight is 310 g/mol. The highest BCUT2D eigenvalue weighted by atomic mass is 16.5. The molecule has 2 aliphatic rings. The van der Waals surface area contributed by atoms with Crippen LogP contribution in [-0.2, 0) is 9.53 Å². The van der Waals surface area contributed by atoms with Crippen molar-refractivity contribution in [2.24, 2.45) is 5.92 Å². The molecule has 2 fully saturated rings. The minimum absolute atomic E-state index is 0.109. The Bertz CT molecular complexity index is 721. The lowest BCUT2D eigenvalue weighted by Crippen LogP contribution is -2.50. The molecule has 0 bridgehead atoms. The Morgan fingerprint density at radius 1 is 1.22 bits per heavy atom. The number of para-hydroxylation sites is 1. The molecule has 1 saturated carbocycles. The number of aromatic nitrogens is 1. The second kappa shape index (κ2) is 5.93. The van der Waals surface area contributed by atoms with Gasteiger partial charge in [-0.25, -0.2) is 0 Å². The normalized spacial score (nSPS) is 24.6. The zero-order chi connectivity index (χ0) is 15.8. The predicted molar refractivity (Wildman–Crippen MR) is 90.4 cm³/mol. The molecule has 0 N–H and O–H groups in total. The molecule has 23 heavy (non-hydrogen) atoms. The molecule has 1 amide bonds. The number of nitrogens with zero attached hydrogens (tertiary/aromatic N) is 2. The highest BCUT2D eigenvalue weighted by molar-refractivity contribution is 6.04. The minimum Gasteiger partial charge on any atom is -0.368 e. The van der Waals surface area contributed by atoms with E-state index in [2.05, 4.69) is 11.9 Å². The third kappa shape index (κ3) is 2.51. The molecule has 2 heterocycles. The molecular weight excluding hydrogens is 288 g/mol. The molecule has 2 unspecified atom stereocenters. The summed E-state index contributed by atoms with van der Waals surface area (Å²) in [4.78, 5) is 19.7. The molecule has 4 rings (SSSR count). The summed E-state index contributed by atoms with van der Waals surface area (Å²) in [6.45, 7) is 2.79. The topological polar surface area (TPSA) is 42.4 Å². The van der Waals surface area contributed by atoms with Crippen LogP contribution in [0.4, 0.5) is 5.69 Å². The molecule has 120 valence electrons. The summed E-state index contributed by atoms with van der Waals surface area (Å²) in [5.41, 5.74) is 1.83. The van der Waals surface area contributed by atoms with E-state index in [1.54, 1.807) is 6.20 Å². The van der Waals surface area contributed by atoms with Crippen molar-refractivity contribution < 1.29 is 9.53 Å². The molecule has 2 atom stereocenters. The van der Waals surface area contributed by atoms with Crippen molar-refractivity contribution in [3.05, 3.63) is 36.5 Å². The van der Waals surface area contributed by atoms with E-state index in [1.165, 1.54) is 6.42 Å². The zero-order valence-corrected chi connectivity index (χ0v) is 13.4. The van der Waals surface area contributed by atoms with E-state index in [9.17, 15) is 4.79 Å². The van der Waals surface area contributed by atoms with E-state index in [1.807, 2.05) is 35.2 Å². The third-order valence-electron chi connectivity index (χ3n) is 5.18. The molecule has 2 aromatic rings. The van der Waals surface area contributed by atoms with Gasteiger partial charge in [0.1, 0.15) is 6.10 Å². The number of hydrogen-bond acceptors (Lipinski definition) is 3. The van der Waals surface area contributed by atoms with Gasteiger partial charge in [-0.1, -0.05) is 25.1 Å². The van der Waals surface area contributed by atoms with Gasteiger partial charge in [0.25, 0.3) is 5.91 Å². The minimum atomic E-state index is -0.311. The molecule has 1 aromatic heterocycles. The summed E-state index contributed by atoms with van der Waals surface area (Å²) in [6, 6.07) is 10.3.